The SMILES string of the molecule is COc1c(C(C)C)cc(/C=C2\SC(SC)=NC2=O)cc1C(C)C. The molecule has 0 saturated carbocycles. The molecule has 1 amide bonds. The summed E-state index contributed by atoms with van der Waals surface area (Å²) in [6.07, 6.45) is 3.88. The summed E-state index contributed by atoms with van der Waals surface area (Å²) in [7, 11) is 1.72. The fourth-order valence-corrected chi connectivity index (χ4v) is 3.93. The number of hydrogen-bond donors (Lipinski definition) is 0. The maximum Gasteiger partial charge on any atom is 0.285 e. The average molecular weight is 350 g/mol. The van der Waals surface area contributed by atoms with Crippen molar-refractivity contribution in [3.05, 3.63) is 33.7 Å². The molecule has 1 aromatic rings. The first-order chi connectivity index (χ1) is 10.9. The van der Waals surface area contributed by atoms with Crippen molar-refractivity contribution in [2.24, 2.45) is 4.99 Å². The van der Waals surface area contributed by atoms with Gasteiger partial charge in [0.25, 0.3) is 5.91 Å². The Morgan fingerprint density at radius 3 is 2.13 bits per heavy atom. The summed E-state index contributed by atoms with van der Waals surface area (Å²) in [6.45, 7) is 8.62. The lowest BCUT2D eigenvalue weighted by Crippen LogP contribution is -2.02. The first-order valence-corrected chi connectivity index (χ1v) is 9.69. The van der Waals surface area contributed by atoms with E-state index in [2.05, 4.69) is 44.8 Å². The topological polar surface area (TPSA) is 38.7 Å². The van der Waals surface area contributed by atoms with Crippen LogP contribution in [0, 0.1) is 0 Å². The largest absolute Gasteiger partial charge is 0.496 e. The second kappa shape index (κ2) is 7.58. The van der Waals surface area contributed by atoms with Crippen LogP contribution in [0.25, 0.3) is 6.08 Å². The highest BCUT2D eigenvalue weighted by Crippen LogP contribution is 2.38. The lowest BCUT2D eigenvalue weighted by Gasteiger charge is -2.19. The first kappa shape index (κ1) is 18.1. The van der Waals surface area contributed by atoms with Gasteiger partial charge < -0.3 is 4.74 Å². The third kappa shape index (κ3) is 4.01. The molecule has 0 aliphatic carbocycles. The Morgan fingerprint density at radius 1 is 1.17 bits per heavy atom. The van der Waals surface area contributed by atoms with Crippen LogP contribution in [-0.2, 0) is 4.79 Å². The van der Waals surface area contributed by atoms with E-state index in [0.29, 0.717) is 16.7 Å². The lowest BCUT2D eigenvalue weighted by molar-refractivity contribution is -0.113. The van der Waals surface area contributed by atoms with E-state index in [1.807, 2.05) is 12.3 Å². The molecule has 0 atom stereocenters. The van der Waals surface area contributed by atoms with Gasteiger partial charge in [0.15, 0.2) is 0 Å². The molecule has 23 heavy (non-hydrogen) atoms. The molecular formula is C18H23NO2S2. The zero-order valence-electron chi connectivity index (χ0n) is 14.5. The zero-order chi connectivity index (χ0) is 17.1. The molecule has 1 aromatic carbocycles. The highest BCUT2D eigenvalue weighted by molar-refractivity contribution is 8.40. The summed E-state index contributed by atoms with van der Waals surface area (Å²) in [6, 6.07) is 4.24. The summed E-state index contributed by atoms with van der Waals surface area (Å²) < 4.78 is 6.47. The van der Waals surface area contributed by atoms with Crippen molar-refractivity contribution in [3.8, 4) is 5.75 Å². The van der Waals surface area contributed by atoms with E-state index in [-0.39, 0.29) is 5.91 Å². The van der Waals surface area contributed by atoms with Crippen LogP contribution in [0.5, 0.6) is 5.75 Å². The predicted molar refractivity (Wildman–Crippen MR) is 103 cm³/mol. The van der Waals surface area contributed by atoms with Crippen LogP contribution in [0.4, 0.5) is 0 Å². The molecule has 5 heteroatoms. The number of carbonyl (C=O) groups is 1. The average Bonchev–Trinajstić information content (AvgIpc) is 2.86. The van der Waals surface area contributed by atoms with Gasteiger partial charge in [0.1, 0.15) is 10.1 Å². The molecule has 0 N–H and O–H groups in total. The van der Waals surface area contributed by atoms with Crippen LogP contribution in [0.15, 0.2) is 22.0 Å². The van der Waals surface area contributed by atoms with Crippen LogP contribution < -0.4 is 4.74 Å². The van der Waals surface area contributed by atoms with Gasteiger partial charge in [-0.25, -0.2) is 0 Å². The van der Waals surface area contributed by atoms with Crippen molar-refractivity contribution in [2.75, 3.05) is 13.4 Å². The van der Waals surface area contributed by atoms with E-state index in [0.717, 1.165) is 15.7 Å². The second-order valence-electron chi connectivity index (χ2n) is 6.04. The number of aliphatic imine (C=N–C) groups is 1. The van der Waals surface area contributed by atoms with Gasteiger partial charge in [-0.1, -0.05) is 39.5 Å². The van der Waals surface area contributed by atoms with Crippen LogP contribution in [0.1, 0.15) is 56.2 Å². The van der Waals surface area contributed by atoms with Gasteiger partial charge in [-0.15, -0.1) is 11.8 Å². The van der Waals surface area contributed by atoms with Crippen LogP contribution in [0.2, 0.25) is 0 Å². The minimum absolute atomic E-state index is 0.146. The Balaban J connectivity index is 2.50. The Bertz CT molecular complexity index is 647. The molecule has 0 bridgehead atoms. The number of ether oxygens (including phenoxy) is 1. The number of amides is 1. The molecule has 124 valence electrons. The standard InChI is InChI=1S/C18H23NO2S2/c1-10(2)13-7-12(8-14(11(3)4)16(13)21-5)9-15-17(20)19-18(22-6)23-15/h7-11H,1-6H3/b15-9-. The molecule has 2 rings (SSSR count). The maximum absolute atomic E-state index is 12.0. The maximum atomic E-state index is 12.0. The number of rotatable bonds is 4. The highest BCUT2D eigenvalue weighted by atomic mass is 32.2. The van der Waals surface area contributed by atoms with Crippen LogP contribution in [-0.4, -0.2) is 23.6 Å². The van der Waals surface area contributed by atoms with Crippen molar-refractivity contribution in [1.82, 2.24) is 0 Å². The minimum atomic E-state index is -0.146. The molecule has 1 heterocycles. The van der Waals surface area contributed by atoms with Gasteiger partial charge in [0, 0.05) is 0 Å². The molecule has 0 unspecified atom stereocenters. The van der Waals surface area contributed by atoms with Gasteiger partial charge in [-0.3, -0.25) is 4.79 Å². The molecule has 0 aromatic heterocycles. The number of hydrogen-bond acceptors (Lipinski definition) is 4. The summed E-state index contributed by atoms with van der Waals surface area (Å²) >= 11 is 2.95. The van der Waals surface area contributed by atoms with E-state index in [9.17, 15) is 4.79 Å². The zero-order valence-corrected chi connectivity index (χ0v) is 16.1. The summed E-state index contributed by atoms with van der Waals surface area (Å²) in [5.74, 6) is 1.52. The van der Waals surface area contributed by atoms with Gasteiger partial charge in [0.2, 0.25) is 0 Å². The summed E-state index contributed by atoms with van der Waals surface area (Å²) in [4.78, 5) is 16.7. The van der Waals surface area contributed by atoms with Crippen molar-refractivity contribution >= 4 is 39.9 Å². The minimum Gasteiger partial charge on any atom is -0.496 e. The smallest absolute Gasteiger partial charge is 0.285 e. The third-order valence-electron chi connectivity index (χ3n) is 3.69. The molecule has 3 nitrogen and oxygen atoms in total. The fraction of sp³-hybridized carbons (Fsp3) is 0.444. The number of methoxy groups -OCH3 is 1. The van der Waals surface area contributed by atoms with Crippen molar-refractivity contribution in [1.29, 1.82) is 0 Å². The summed E-state index contributed by atoms with van der Waals surface area (Å²) in [5.41, 5.74) is 3.38. The first-order valence-electron chi connectivity index (χ1n) is 7.65. The monoisotopic (exact) mass is 349 g/mol. The third-order valence-corrected chi connectivity index (χ3v) is 5.66. The number of thioether (sulfide) groups is 2. The Labute approximate surface area is 147 Å². The number of nitrogens with zero attached hydrogens (tertiary/aromatic N) is 1. The predicted octanol–water partition coefficient (Wildman–Crippen LogP) is 5.28. The molecule has 1 aliphatic heterocycles. The Hall–Kier alpha value is -1.20. The quantitative estimate of drug-likeness (QED) is 0.694. The molecule has 0 saturated heterocycles. The van der Waals surface area contributed by atoms with E-state index in [1.54, 1.807) is 7.11 Å². The lowest BCUT2D eigenvalue weighted by atomic mass is 9.91. The Morgan fingerprint density at radius 2 is 1.74 bits per heavy atom. The van der Waals surface area contributed by atoms with E-state index >= 15 is 0 Å². The second-order valence-corrected chi connectivity index (χ2v) is 8.12. The number of carbonyl (C=O) groups excluding carboxylic acids is 1. The molecular weight excluding hydrogens is 326 g/mol. The molecule has 1 aliphatic rings. The van der Waals surface area contributed by atoms with Gasteiger partial charge in [-0.2, -0.15) is 4.99 Å². The van der Waals surface area contributed by atoms with Gasteiger partial charge in [-0.05, 0) is 53.0 Å². The van der Waals surface area contributed by atoms with Crippen molar-refractivity contribution < 1.29 is 9.53 Å². The summed E-state index contributed by atoms with van der Waals surface area (Å²) in [5, 5.41) is 0. The Kier molecular flexibility index (Phi) is 5.98. The van der Waals surface area contributed by atoms with Crippen molar-refractivity contribution in [2.45, 2.75) is 39.5 Å². The number of benzene rings is 1. The van der Waals surface area contributed by atoms with Crippen molar-refractivity contribution in [3.63, 3.8) is 0 Å². The van der Waals surface area contributed by atoms with Crippen LogP contribution in [0.3, 0.4) is 0 Å². The van der Waals surface area contributed by atoms with Gasteiger partial charge >= 0.3 is 0 Å². The molecule has 0 fully saturated rings. The highest BCUT2D eigenvalue weighted by Gasteiger charge is 2.22. The fourth-order valence-electron chi connectivity index (χ4n) is 2.50. The van der Waals surface area contributed by atoms with E-state index < -0.39 is 0 Å². The normalized spacial score (nSPS) is 16.6. The van der Waals surface area contributed by atoms with E-state index in [1.165, 1.54) is 34.7 Å². The van der Waals surface area contributed by atoms with Gasteiger partial charge in [0.05, 0.1) is 12.0 Å². The van der Waals surface area contributed by atoms with Crippen LogP contribution >= 0.6 is 23.5 Å². The molecule has 0 radical (unpaired) electrons. The molecule has 0 spiro atoms. The van der Waals surface area contributed by atoms with E-state index in [4.69, 9.17) is 4.74 Å².